The lowest BCUT2D eigenvalue weighted by atomic mass is 10.1. The van der Waals surface area contributed by atoms with E-state index in [-0.39, 0.29) is 0 Å². The summed E-state index contributed by atoms with van der Waals surface area (Å²) in [6.45, 7) is -0.503. The molecule has 0 spiro atoms. The molecule has 16 heavy (non-hydrogen) atoms. The van der Waals surface area contributed by atoms with Crippen LogP contribution in [0.2, 0.25) is 0 Å². The highest BCUT2D eigenvalue weighted by atomic mass is 19.4. The van der Waals surface area contributed by atoms with E-state index in [1.54, 1.807) is 0 Å². The second kappa shape index (κ2) is 4.28. The minimum atomic E-state index is -5.13. The van der Waals surface area contributed by atoms with E-state index < -0.39 is 41.8 Å². The largest absolute Gasteiger partial charge is 0.433 e. The molecule has 0 fully saturated rings. The van der Waals surface area contributed by atoms with E-state index in [4.69, 9.17) is 5.73 Å². The van der Waals surface area contributed by atoms with Gasteiger partial charge < -0.3 is 5.73 Å². The number of aromatic nitrogens is 1. The topological polar surface area (TPSA) is 38.9 Å². The molecule has 90 valence electrons. The molecule has 2 N–H and O–H groups in total. The van der Waals surface area contributed by atoms with Crippen LogP contribution in [-0.2, 0) is 12.7 Å². The molecule has 0 aromatic carbocycles. The molecule has 0 atom stereocenters. The van der Waals surface area contributed by atoms with Crippen LogP contribution in [0.15, 0.2) is 6.20 Å². The van der Waals surface area contributed by atoms with Crippen LogP contribution in [0, 0.1) is 5.82 Å². The predicted molar refractivity (Wildman–Crippen MR) is 42.0 cm³/mol. The van der Waals surface area contributed by atoms with Crippen molar-refractivity contribution in [2.45, 2.75) is 19.1 Å². The van der Waals surface area contributed by atoms with Crippen LogP contribution in [0.3, 0.4) is 0 Å². The summed E-state index contributed by atoms with van der Waals surface area (Å²) in [5.41, 5.74) is 0.816. The third kappa shape index (κ3) is 2.26. The van der Waals surface area contributed by atoms with Gasteiger partial charge in [-0.2, -0.15) is 13.2 Å². The third-order valence-corrected chi connectivity index (χ3v) is 1.83. The summed E-state index contributed by atoms with van der Waals surface area (Å²) in [6.07, 6.45) is -8.22. The van der Waals surface area contributed by atoms with Crippen LogP contribution in [0.25, 0.3) is 0 Å². The Morgan fingerprint density at radius 2 is 1.88 bits per heavy atom. The standard InChI is InChI=1S/C8H6F6N2/c9-5-3(1-15)2-16-6(8(12,13)14)4(5)7(10)11/h2,7H,1,15H2. The van der Waals surface area contributed by atoms with Gasteiger partial charge in [0.25, 0.3) is 6.43 Å². The Kier molecular flexibility index (Phi) is 3.41. The van der Waals surface area contributed by atoms with E-state index >= 15 is 0 Å². The smallest absolute Gasteiger partial charge is 0.326 e. The lowest BCUT2D eigenvalue weighted by Gasteiger charge is -2.13. The van der Waals surface area contributed by atoms with Crippen molar-refractivity contribution in [3.8, 4) is 0 Å². The molecule has 1 heterocycles. The van der Waals surface area contributed by atoms with Crippen molar-refractivity contribution in [3.05, 3.63) is 28.8 Å². The van der Waals surface area contributed by atoms with Gasteiger partial charge in [-0.3, -0.25) is 4.98 Å². The maximum absolute atomic E-state index is 13.2. The van der Waals surface area contributed by atoms with E-state index in [0.717, 1.165) is 0 Å². The molecule has 0 bridgehead atoms. The summed E-state index contributed by atoms with van der Waals surface area (Å²) in [4.78, 5) is 2.78. The van der Waals surface area contributed by atoms with E-state index in [1.165, 1.54) is 0 Å². The van der Waals surface area contributed by atoms with Crippen LogP contribution < -0.4 is 5.73 Å². The van der Waals surface area contributed by atoms with Crippen molar-refractivity contribution in [1.29, 1.82) is 0 Å². The van der Waals surface area contributed by atoms with Crippen molar-refractivity contribution in [1.82, 2.24) is 4.98 Å². The highest BCUT2D eigenvalue weighted by molar-refractivity contribution is 5.30. The molecule has 0 aliphatic carbocycles. The fourth-order valence-corrected chi connectivity index (χ4v) is 1.11. The van der Waals surface area contributed by atoms with Crippen LogP contribution in [-0.4, -0.2) is 4.98 Å². The second-order valence-corrected chi connectivity index (χ2v) is 2.86. The molecular weight excluding hydrogens is 238 g/mol. The van der Waals surface area contributed by atoms with Gasteiger partial charge in [-0.1, -0.05) is 0 Å². The highest BCUT2D eigenvalue weighted by Gasteiger charge is 2.39. The number of hydrogen-bond acceptors (Lipinski definition) is 2. The van der Waals surface area contributed by atoms with Crippen molar-refractivity contribution < 1.29 is 26.3 Å². The first kappa shape index (κ1) is 12.8. The number of halogens is 6. The van der Waals surface area contributed by atoms with Crippen molar-refractivity contribution in [2.75, 3.05) is 0 Å². The summed E-state index contributed by atoms with van der Waals surface area (Å²) in [7, 11) is 0. The zero-order valence-corrected chi connectivity index (χ0v) is 7.65. The Hall–Kier alpha value is -1.31. The van der Waals surface area contributed by atoms with E-state index in [0.29, 0.717) is 6.20 Å². The molecule has 2 nitrogen and oxygen atoms in total. The van der Waals surface area contributed by atoms with Crippen LogP contribution in [0.1, 0.15) is 23.2 Å². The Morgan fingerprint density at radius 3 is 2.25 bits per heavy atom. The molecule has 0 unspecified atom stereocenters. The van der Waals surface area contributed by atoms with Crippen molar-refractivity contribution in [3.63, 3.8) is 0 Å². The van der Waals surface area contributed by atoms with E-state index in [2.05, 4.69) is 4.98 Å². The normalized spacial score (nSPS) is 12.2. The van der Waals surface area contributed by atoms with Crippen molar-refractivity contribution >= 4 is 0 Å². The summed E-state index contributed by atoms with van der Waals surface area (Å²) in [5.74, 6) is -1.65. The van der Waals surface area contributed by atoms with Gasteiger partial charge in [0.15, 0.2) is 5.69 Å². The Morgan fingerprint density at radius 1 is 1.31 bits per heavy atom. The molecule has 1 aromatic heterocycles. The summed E-state index contributed by atoms with van der Waals surface area (Å²) < 4.78 is 74.5. The molecule has 0 aliphatic rings. The first-order valence-corrected chi connectivity index (χ1v) is 4.01. The van der Waals surface area contributed by atoms with Crippen molar-refractivity contribution in [2.24, 2.45) is 5.73 Å². The molecule has 0 saturated carbocycles. The van der Waals surface area contributed by atoms with Gasteiger partial charge in [0.05, 0.1) is 5.56 Å². The summed E-state index contributed by atoms with van der Waals surface area (Å²) in [6, 6.07) is 0. The molecular formula is C8H6F6N2. The monoisotopic (exact) mass is 244 g/mol. The molecule has 1 aromatic rings. The quantitative estimate of drug-likeness (QED) is 0.812. The van der Waals surface area contributed by atoms with Gasteiger partial charge in [-0.15, -0.1) is 0 Å². The second-order valence-electron chi connectivity index (χ2n) is 2.86. The zero-order valence-electron chi connectivity index (χ0n) is 7.65. The lowest BCUT2D eigenvalue weighted by Crippen LogP contribution is -2.16. The fourth-order valence-electron chi connectivity index (χ4n) is 1.11. The number of pyridine rings is 1. The van der Waals surface area contributed by atoms with Crippen LogP contribution in [0.4, 0.5) is 26.3 Å². The van der Waals surface area contributed by atoms with Gasteiger partial charge in [0.1, 0.15) is 5.82 Å². The summed E-state index contributed by atoms with van der Waals surface area (Å²) >= 11 is 0. The van der Waals surface area contributed by atoms with Crippen LogP contribution >= 0.6 is 0 Å². The van der Waals surface area contributed by atoms with Gasteiger partial charge >= 0.3 is 6.18 Å². The summed E-state index contributed by atoms with van der Waals surface area (Å²) in [5, 5.41) is 0. The molecule has 8 heteroatoms. The minimum Gasteiger partial charge on any atom is -0.326 e. The van der Waals surface area contributed by atoms with Gasteiger partial charge in [0.2, 0.25) is 0 Å². The highest BCUT2D eigenvalue weighted by Crippen LogP contribution is 2.36. The molecule has 0 radical (unpaired) electrons. The maximum atomic E-state index is 13.2. The fraction of sp³-hybridized carbons (Fsp3) is 0.375. The van der Waals surface area contributed by atoms with Gasteiger partial charge in [0, 0.05) is 18.3 Å². The molecule has 0 saturated heterocycles. The number of nitrogens with zero attached hydrogens (tertiary/aromatic N) is 1. The average molecular weight is 244 g/mol. The molecule has 0 aliphatic heterocycles. The van der Waals surface area contributed by atoms with Gasteiger partial charge in [-0.05, 0) is 0 Å². The first-order chi connectivity index (χ1) is 7.29. The maximum Gasteiger partial charge on any atom is 0.433 e. The van der Waals surface area contributed by atoms with E-state index in [9.17, 15) is 26.3 Å². The zero-order chi connectivity index (χ0) is 12.5. The Bertz CT molecular complexity index is 387. The predicted octanol–water partition coefficient (Wildman–Crippen LogP) is 2.64. The first-order valence-electron chi connectivity index (χ1n) is 4.01. The third-order valence-electron chi connectivity index (χ3n) is 1.83. The lowest BCUT2D eigenvalue weighted by molar-refractivity contribution is -0.143. The number of hydrogen-bond donors (Lipinski definition) is 1. The molecule has 1 rings (SSSR count). The Labute approximate surface area is 86.1 Å². The number of nitrogens with two attached hydrogens (primary N) is 1. The van der Waals surface area contributed by atoms with Crippen LogP contribution in [0.5, 0.6) is 0 Å². The number of rotatable bonds is 2. The Balaban J connectivity index is 3.47. The molecule has 0 amide bonds. The minimum absolute atomic E-state index is 0.483. The van der Waals surface area contributed by atoms with E-state index in [1.807, 2.05) is 0 Å². The SMILES string of the molecule is NCc1cnc(C(F)(F)F)c(C(F)F)c1F. The van der Waals surface area contributed by atoms with Gasteiger partial charge in [-0.25, -0.2) is 13.2 Å². The number of alkyl halides is 5. The average Bonchev–Trinajstić information content (AvgIpc) is 2.15.